The fourth-order valence-corrected chi connectivity index (χ4v) is 3.53. The van der Waals surface area contributed by atoms with Crippen molar-refractivity contribution in [3.8, 4) is 0 Å². The monoisotopic (exact) mass is 428 g/mol. The summed E-state index contributed by atoms with van der Waals surface area (Å²) in [5, 5.41) is 2.89. The Bertz CT molecular complexity index is 1130. The van der Waals surface area contributed by atoms with Gasteiger partial charge < -0.3 is 9.73 Å². The van der Waals surface area contributed by atoms with Crippen molar-refractivity contribution in [3.63, 3.8) is 0 Å². The predicted octanol–water partition coefficient (Wildman–Crippen LogP) is 5.55. The molecule has 3 aromatic carbocycles. The number of amides is 1. The van der Waals surface area contributed by atoms with E-state index in [0.29, 0.717) is 31.9 Å². The smallest absolute Gasteiger partial charge is 0.287 e. The Morgan fingerprint density at radius 3 is 1.97 bits per heavy atom. The van der Waals surface area contributed by atoms with Gasteiger partial charge in [0, 0.05) is 19.6 Å². The third kappa shape index (κ3) is 6.15. The van der Waals surface area contributed by atoms with Gasteiger partial charge in [0.05, 0.1) is 6.54 Å². The Kier molecular flexibility index (Phi) is 7.10. The number of nitrogens with one attached hydrogen (secondary N) is 1. The van der Waals surface area contributed by atoms with Crippen molar-refractivity contribution in [2.24, 2.45) is 0 Å². The second-order valence-corrected chi connectivity index (χ2v) is 7.69. The summed E-state index contributed by atoms with van der Waals surface area (Å²) in [6, 6.07) is 29.9. The van der Waals surface area contributed by atoms with Gasteiger partial charge in [0.25, 0.3) is 5.91 Å². The largest absolute Gasteiger partial charge is 0.455 e. The molecular weight excluding hydrogens is 403 g/mol. The number of furan rings is 1. The number of hydrogen-bond donors (Lipinski definition) is 1. The Hall–Kier alpha value is -3.70. The predicted molar refractivity (Wildman–Crippen MR) is 122 cm³/mol. The number of hydrogen-bond acceptors (Lipinski definition) is 3. The minimum Gasteiger partial charge on any atom is -0.455 e. The first-order valence-corrected chi connectivity index (χ1v) is 10.6. The van der Waals surface area contributed by atoms with Crippen molar-refractivity contribution < 1.29 is 13.6 Å². The fourth-order valence-electron chi connectivity index (χ4n) is 3.53. The molecule has 1 heterocycles. The number of nitrogens with zero attached hydrogens (tertiary/aromatic N) is 1. The Labute approximate surface area is 187 Å². The van der Waals surface area contributed by atoms with Crippen LogP contribution in [0.4, 0.5) is 4.39 Å². The van der Waals surface area contributed by atoms with Crippen LogP contribution in [0.3, 0.4) is 0 Å². The van der Waals surface area contributed by atoms with Gasteiger partial charge in [-0.15, -0.1) is 0 Å². The molecule has 0 aliphatic rings. The summed E-state index contributed by atoms with van der Waals surface area (Å²) in [5.74, 6) is 0.499. The number of halogens is 1. The highest BCUT2D eigenvalue weighted by atomic mass is 19.1. The quantitative estimate of drug-likeness (QED) is 0.380. The van der Waals surface area contributed by atoms with Crippen LogP contribution in [0.15, 0.2) is 101 Å². The molecule has 0 saturated carbocycles. The summed E-state index contributed by atoms with van der Waals surface area (Å²) < 4.78 is 19.1. The summed E-state index contributed by atoms with van der Waals surface area (Å²) in [7, 11) is 0. The zero-order valence-corrected chi connectivity index (χ0v) is 17.7. The van der Waals surface area contributed by atoms with Gasteiger partial charge in [0.2, 0.25) is 0 Å². The highest BCUT2D eigenvalue weighted by Crippen LogP contribution is 2.17. The average molecular weight is 429 g/mol. The van der Waals surface area contributed by atoms with Crippen molar-refractivity contribution in [3.05, 3.63) is 131 Å². The molecule has 4 rings (SSSR count). The molecule has 0 aliphatic carbocycles. The fraction of sp³-hybridized carbons (Fsp3) is 0.148. The van der Waals surface area contributed by atoms with Crippen molar-refractivity contribution in [2.45, 2.75) is 26.2 Å². The third-order valence-electron chi connectivity index (χ3n) is 5.13. The summed E-state index contributed by atoms with van der Waals surface area (Å²) in [6.45, 7) is 2.30. The Balaban J connectivity index is 1.42. The molecule has 162 valence electrons. The first-order valence-electron chi connectivity index (χ1n) is 10.6. The summed E-state index contributed by atoms with van der Waals surface area (Å²) in [6.07, 6.45) is 0. The van der Waals surface area contributed by atoms with Crippen LogP contribution in [-0.4, -0.2) is 10.8 Å². The van der Waals surface area contributed by atoms with Gasteiger partial charge >= 0.3 is 0 Å². The highest BCUT2D eigenvalue weighted by molar-refractivity contribution is 5.91. The lowest BCUT2D eigenvalue weighted by atomic mass is 10.1. The molecule has 0 saturated heterocycles. The molecule has 5 heteroatoms. The number of rotatable bonds is 9. The molecule has 32 heavy (non-hydrogen) atoms. The first kappa shape index (κ1) is 21.5. The minimum atomic E-state index is -0.249. The van der Waals surface area contributed by atoms with Crippen LogP contribution in [0.5, 0.6) is 0 Å². The van der Waals surface area contributed by atoms with Gasteiger partial charge in [-0.2, -0.15) is 0 Å². The maximum atomic E-state index is 13.3. The SMILES string of the molecule is O=C(NCc1ccccc1)c1ccc(CN(Cc2ccccc2)Cc2ccc(F)cc2)o1. The molecule has 1 aromatic heterocycles. The van der Waals surface area contributed by atoms with Crippen LogP contribution >= 0.6 is 0 Å². The molecule has 0 spiro atoms. The molecule has 4 nitrogen and oxygen atoms in total. The van der Waals surface area contributed by atoms with E-state index in [9.17, 15) is 9.18 Å². The van der Waals surface area contributed by atoms with Crippen molar-refractivity contribution >= 4 is 5.91 Å². The second kappa shape index (κ2) is 10.6. The zero-order valence-electron chi connectivity index (χ0n) is 17.7. The van der Waals surface area contributed by atoms with E-state index in [2.05, 4.69) is 22.3 Å². The summed E-state index contributed by atoms with van der Waals surface area (Å²) >= 11 is 0. The molecule has 0 unspecified atom stereocenters. The summed E-state index contributed by atoms with van der Waals surface area (Å²) in [4.78, 5) is 14.7. The van der Waals surface area contributed by atoms with E-state index >= 15 is 0 Å². The molecule has 4 aromatic rings. The molecule has 0 aliphatic heterocycles. The van der Waals surface area contributed by atoms with Crippen LogP contribution in [0.1, 0.15) is 33.0 Å². The van der Waals surface area contributed by atoms with Gasteiger partial charge in [-0.1, -0.05) is 72.8 Å². The first-order chi connectivity index (χ1) is 15.7. The minimum absolute atomic E-state index is 0.242. The van der Waals surface area contributed by atoms with E-state index in [4.69, 9.17) is 4.42 Å². The Morgan fingerprint density at radius 1 is 0.719 bits per heavy atom. The molecule has 0 radical (unpaired) electrons. The average Bonchev–Trinajstić information content (AvgIpc) is 3.29. The van der Waals surface area contributed by atoms with E-state index in [0.717, 1.165) is 11.1 Å². The van der Waals surface area contributed by atoms with Gasteiger partial charge in [-0.3, -0.25) is 9.69 Å². The lowest BCUT2D eigenvalue weighted by Gasteiger charge is -2.21. The van der Waals surface area contributed by atoms with Crippen molar-refractivity contribution in [1.82, 2.24) is 10.2 Å². The van der Waals surface area contributed by atoms with Crippen LogP contribution in [-0.2, 0) is 26.2 Å². The third-order valence-corrected chi connectivity index (χ3v) is 5.13. The maximum Gasteiger partial charge on any atom is 0.287 e. The number of benzene rings is 3. The van der Waals surface area contributed by atoms with Crippen LogP contribution in [0.2, 0.25) is 0 Å². The number of carbonyl (C=O) groups excluding carboxylic acids is 1. The number of carbonyl (C=O) groups is 1. The Morgan fingerprint density at radius 2 is 1.31 bits per heavy atom. The highest BCUT2D eigenvalue weighted by Gasteiger charge is 2.15. The molecule has 0 atom stereocenters. The topological polar surface area (TPSA) is 45.5 Å². The molecular formula is C27H25FN2O2. The van der Waals surface area contributed by atoms with Crippen molar-refractivity contribution in [1.29, 1.82) is 0 Å². The molecule has 0 fully saturated rings. The maximum absolute atomic E-state index is 13.3. The lowest BCUT2D eigenvalue weighted by molar-refractivity contribution is 0.0918. The van der Waals surface area contributed by atoms with E-state index in [1.165, 1.54) is 17.7 Å². The summed E-state index contributed by atoms with van der Waals surface area (Å²) in [5.41, 5.74) is 3.21. The molecule has 0 bridgehead atoms. The standard InChI is InChI=1S/C27H25FN2O2/c28-24-13-11-23(12-14-24)19-30(18-22-9-5-2-6-10-22)20-25-15-16-26(32-25)27(31)29-17-21-7-3-1-4-8-21/h1-16H,17-20H2,(H,29,31). The molecule has 1 amide bonds. The normalized spacial score (nSPS) is 10.9. The lowest BCUT2D eigenvalue weighted by Crippen LogP contribution is -2.23. The van der Waals surface area contributed by atoms with Gasteiger partial charge in [0.1, 0.15) is 11.6 Å². The van der Waals surface area contributed by atoms with E-state index in [-0.39, 0.29) is 17.5 Å². The van der Waals surface area contributed by atoms with Gasteiger partial charge in [-0.05, 0) is 41.0 Å². The van der Waals surface area contributed by atoms with Crippen LogP contribution in [0, 0.1) is 5.82 Å². The van der Waals surface area contributed by atoms with Crippen molar-refractivity contribution in [2.75, 3.05) is 0 Å². The zero-order chi connectivity index (χ0) is 22.2. The van der Waals surface area contributed by atoms with Crippen LogP contribution < -0.4 is 5.32 Å². The molecule has 1 N–H and O–H groups in total. The van der Waals surface area contributed by atoms with Gasteiger partial charge in [0.15, 0.2) is 5.76 Å². The van der Waals surface area contributed by atoms with E-state index in [1.807, 2.05) is 54.6 Å². The van der Waals surface area contributed by atoms with E-state index in [1.54, 1.807) is 18.2 Å². The second-order valence-electron chi connectivity index (χ2n) is 7.69. The van der Waals surface area contributed by atoms with Crippen LogP contribution in [0.25, 0.3) is 0 Å². The van der Waals surface area contributed by atoms with Gasteiger partial charge in [-0.25, -0.2) is 4.39 Å². The van der Waals surface area contributed by atoms with E-state index < -0.39 is 0 Å².